The van der Waals surface area contributed by atoms with Crippen LogP contribution in [0.1, 0.15) is 36.6 Å². The molecule has 2 unspecified atom stereocenters. The molecule has 2 aromatic rings. The van der Waals surface area contributed by atoms with Gasteiger partial charge in [-0.25, -0.2) is 19.9 Å². The van der Waals surface area contributed by atoms with Crippen LogP contribution in [0.25, 0.3) is 0 Å². The summed E-state index contributed by atoms with van der Waals surface area (Å²) in [5.74, 6) is -2.56. The average molecular weight is 617 g/mol. The number of aliphatic carboxylic acids is 1. The molecule has 2 aromatic carbocycles. The number of anilines is 1. The van der Waals surface area contributed by atoms with Crippen LogP contribution in [0.15, 0.2) is 42.5 Å². The number of hydrogen-bond donors (Lipinski definition) is 4. The Morgan fingerprint density at radius 3 is 2.51 bits per heavy atom. The van der Waals surface area contributed by atoms with E-state index >= 15 is 0 Å². The van der Waals surface area contributed by atoms with E-state index in [0.29, 0.717) is 5.56 Å². The summed E-state index contributed by atoms with van der Waals surface area (Å²) in [6, 6.07) is 8.63. The van der Waals surface area contributed by atoms with Gasteiger partial charge in [-0.2, -0.15) is 0 Å². The fourth-order valence-electron chi connectivity index (χ4n) is 5.93. The Hall–Kier alpha value is -3.30. The molecule has 0 aromatic heterocycles. The van der Waals surface area contributed by atoms with E-state index in [1.54, 1.807) is 13.8 Å². The van der Waals surface area contributed by atoms with Gasteiger partial charge in [-0.05, 0) is 44.0 Å². The summed E-state index contributed by atoms with van der Waals surface area (Å²) < 4.78 is -0.770. The van der Waals surface area contributed by atoms with Crippen LogP contribution < -0.4 is 50.7 Å². The zero-order valence-electron chi connectivity index (χ0n) is 24.0. The zero-order chi connectivity index (χ0) is 30.1. The minimum Gasteiger partial charge on any atom is -0.548 e. The van der Waals surface area contributed by atoms with Gasteiger partial charge in [0.1, 0.15) is 17.2 Å². The molecule has 220 valence electrons. The predicted molar refractivity (Wildman–Crippen MR) is 149 cm³/mol. The van der Waals surface area contributed by atoms with E-state index in [4.69, 9.17) is 0 Å². The molecule has 0 radical (unpaired) electrons. The number of aryl methyl sites for hydroxylation is 1. The molecule has 0 saturated carbocycles. The molecule has 4 N–H and O–H groups in total. The minimum atomic E-state index is -1.34. The fourth-order valence-corrected chi connectivity index (χ4v) is 7.55. The van der Waals surface area contributed by atoms with E-state index in [9.17, 15) is 34.2 Å². The van der Waals surface area contributed by atoms with Crippen LogP contribution in [-0.4, -0.2) is 84.6 Å². The van der Waals surface area contributed by atoms with E-state index < -0.39 is 52.1 Å². The largest absolute Gasteiger partial charge is 1.00 e. The number of amides is 6. The molecule has 0 bridgehead atoms. The number of thioether (sulfide) groups is 1. The van der Waals surface area contributed by atoms with E-state index in [0.717, 1.165) is 16.0 Å². The number of urea groups is 2. The summed E-state index contributed by atoms with van der Waals surface area (Å²) in [4.78, 5) is 65.2. The van der Waals surface area contributed by atoms with Gasteiger partial charge in [0.05, 0.1) is 42.7 Å². The third kappa shape index (κ3) is 5.35. The maximum atomic E-state index is 13.0. The van der Waals surface area contributed by atoms with Gasteiger partial charge in [-0.3, -0.25) is 14.6 Å². The number of nitrogens with zero attached hydrogens (tertiary/aromatic N) is 3. The van der Waals surface area contributed by atoms with Crippen molar-refractivity contribution in [1.82, 2.24) is 25.6 Å². The van der Waals surface area contributed by atoms with Crippen LogP contribution in [0, 0.1) is 6.92 Å². The number of carboxylic acid groups (broad SMARTS) is 1. The van der Waals surface area contributed by atoms with Gasteiger partial charge in [0.15, 0.2) is 0 Å². The number of imide groups is 1. The smallest absolute Gasteiger partial charge is 0.548 e. The van der Waals surface area contributed by atoms with Crippen molar-refractivity contribution in [3.05, 3.63) is 59.2 Å². The van der Waals surface area contributed by atoms with Gasteiger partial charge in [0.2, 0.25) is 11.8 Å². The van der Waals surface area contributed by atoms with E-state index in [1.807, 2.05) is 31.2 Å². The third-order valence-corrected chi connectivity index (χ3v) is 9.70. The molecule has 4 aliphatic rings. The number of carbonyl (C=O) groups is 5. The number of phenolic OH excluding ortho intramolecular Hbond substituents is 1. The van der Waals surface area contributed by atoms with Gasteiger partial charge in [-0.15, -0.1) is 11.8 Å². The first-order valence-corrected chi connectivity index (χ1v) is 14.3. The van der Waals surface area contributed by atoms with Crippen molar-refractivity contribution in [3.8, 4) is 5.75 Å². The third-order valence-electron chi connectivity index (χ3n) is 8.13. The Labute approximate surface area is 273 Å². The Balaban J connectivity index is 0.00000368. The molecule has 6 amide bonds. The number of carbonyl (C=O) groups excluding carboxylic acids is 5. The molecule has 4 fully saturated rings. The minimum absolute atomic E-state index is 0. The van der Waals surface area contributed by atoms with Crippen molar-refractivity contribution in [2.75, 3.05) is 11.9 Å². The standard InChI is InChI=1S/C28H30N6O7S.Na/c1-13-4-7-15(8-5-13)20-17-12-32(27(41)34(17)31-20)26(40)29-16-10-14(6-9-18(16)35)11-19(36)30-21-23(37)33-22(25(38)39)28(2,3)42-24(21)33;/h4-10,17,20-22,24,31,35H,11-12H2,1-3H3,(H,29,40)(H,30,36)(H,38,39);/q;+1/p-1/t17?,20?,21-,22+,24-;/m1./s1. The van der Waals surface area contributed by atoms with Crippen LogP contribution >= 0.6 is 11.8 Å². The SMILES string of the molecule is Cc1ccc(C2NN3C(=O)N(C(=O)Nc4cc(CC(=O)N[C@@H]5C(=O)N6[C@@H]5SC(C)(C)[C@@H]6C(=O)[O-])ccc4O)CC23)cc1.[Na+]. The first-order valence-electron chi connectivity index (χ1n) is 13.4. The van der Waals surface area contributed by atoms with Crippen molar-refractivity contribution < 1.29 is 63.7 Å². The molecule has 15 heteroatoms. The maximum absolute atomic E-state index is 13.0. The van der Waals surface area contributed by atoms with Crippen LogP contribution in [0.3, 0.4) is 0 Å². The number of benzene rings is 2. The number of rotatable bonds is 6. The predicted octanol–water partition coefficient (Wildman–Crippen LogP) is -2.56. The van der Waals surface area contributed by atoms with Crippen LogP contribution in [0.4, 0.5) is 15.3 Å². The number of fused-ring (bicyclic) bond motifs is 2. The second-order valence-corrected chi connectivity index (χ2v) is 13.2. The molecular formula is C28H29N6NaO7S. The van der Waals surface area contributed by atoms with E-state index in [-0.39, 0.29) is 66.0 Å². The molecule has 4 heterocycles. The van der Waals surface area contributed by atoms with Gasteiger partial charge in [0, 0.05) is 4.75 Å². The molecule has 5 atom stereocenters. The van der Waals surface area contributed by atoms with Gasteiger partial charge >= 0.3 is 41.6 Å². The normalized spacial score (nSPS) is 26.5. The Bertz CT molecular complexity index is 1520. The van der Waals surface area contributed by atoms with Crippen molar-refractivity contribution in [2.45, 2.75) is 61.5 Å². The maximum Gasteiger partial charge on any atom is 1.00 e. The molecule has 4 saturated heterocycles. The number of carboxylic acids is 1. The summed E-state index contributed by atoms with van der Waals surface area (Å²) in [6.45, 7) is 5.57. The molecule has 0 aliphatic carbocycles. The summed E-state index contributed by atoms with van der Waals surface area (Å²) >= 11 is 1.29. The Morgan fingerprint density at radius 1 is 1.14 bits per heavy atom. The number of hydrazine groups is 1. The average Bonchev–Trinajstić information content (AvgIpc) is 3.32. The Morgan fingerprint density at radius 2 is 1.84 bits per heavy atom. The quantitative estimate of drug-likeness (QED) is 0.155. The number of hydrogen-bond acceptors (Lipinski definition) is 9. The number of phenols is 1. The second kappa shape index (κ2) is 11.3. The number of aromatic hydroxyl groups is 1. The van der Waals surface area contributed by atoms with E-state index in [2.05, 4.69) is 16.1 Å². The summed E-state index contributed by atoms with van der Waals surface area (Å²) in [5.41, 5.74) is 5.66. The van der Waals surface area contributed by atoms with Crippen molar-refractivity contribution >= 4 is 47.3 Å². The van der Waals surface area contributed by atoms with Crippen molar-refractivity contribution in [1.29, 1.82) is 0 Å². The van der Waals surface area contributed by atoms with Crippen LogP contribution in [-0.2, 0) is 20.8 Å². The molecule has 0 spiro atoms. The van der Waals surface area contributed by atoms with Crippen molar-refractivity contribution in [2.24, 2.45) is 0 Å². The number of β-lactam (4-membered cyclic amide) rings is 1. The second-order valence-electron chi connectivity index (χ2n) is 11.4. The first kappa shape index (κ1) is 31.1. The molecule has 43 heavy (non-hydrogen) atoms. The van der Waals surface area contributed by atoms with Gasteiger partial charge in [-0.1, -0.05) is 35.9 Å². The molecule has 4 aliphatic heterocycles. The van der Waals surface area contributed by atoms with Crippen molar-refractivity contribution in [3.63, 3.8) is 0 Å². The topological polar surface area (TPSA) is 174 Å². The summed E-state index contributed by atoms with van der Waals surface area (Å²) in [6.07, 6.45) is -0.168. The molecular weight excluding hydrogens is 587 g/mol. The molecule has 13 nitrogen and oxygen atoms in total. The van der Waals surface area contributed by atoms with Crippen LogP contribution in [0.5, 0.6) is 5.75 Å². The van der Waals surface area contributed by atoms with Crippen LogP contribution in [0.2, 0.25) is 0 Å². The fraction of sp³-hybridized carbons (Fsp3) is 0.393. The first-order chi connectivity index (χ1) is 19.9. The van der Waals surface area contributed by atoms with Gasteiger partial charge in [0.25, 0.3) is 0 Å². The van der Waals surface area contributed by atoms with E-state index in [1.165, 1.54) is 39.9 Å². The summed E-state index contributed by atoms with van der Waals surface area (Å²) in [7, 11) is 0. The summed E-state index contributed by atoms with van der Waals surface area (Å²) in [5, 5.41) is 28.1. The zero-order valence-corrected chi connectivity index (χ0v) is 26.8. The number of nitrogens with one attached hydrogen (secondary N) is 3. The van der Waals surface area contributed by atoms with Gasteiger partial charge < -0.3 is 30.5 Å². The molecule has 6 rings (SSSR count). The Kier molecular flexibility index (Phi) is 8.20. The monoisotopic (exact) mass is 616 g/mol.